The lowest BCUT2D eigenvalue weighted by Crippen LogP contribution is -2.41. The van der Waals surface area contributed by atoms with Crippen molar-refractivity contribution < 1.29 is 5.11 Å². The van der Waals surface area contributed by atoms with E-state index in [1.165, 1.54) is 4.57 Å². The Bertz CT molecular complexity index is 416. The molecule has 1 N–H and O–H groups in total. The first kappa shape index (κ1) is 11.1. The summed E-state index contributed by atoms with van der Waals surface area (Å²) in [7, 11) is 1.72. The Morgan fingerprint density at radius 3 is 3.19 bits per heavy atom. The Labute approximate surface area is 94.3 Å². The highest BCUT2D eigenvalue weighted by Crippen LogP contribution is 2.18. The van der Waals surface area contributed by atoms with E-state index in [-0.39, 0.29) is 18.1 Å². The third kappa shape index (κ3) is 2.09. The van der Waals surface area contributed by atoms with Crippen LogP contribution in [0.3, 0.4) is 0 Å². The summed E-state index contributed by atoms with van der Waals surface area (Å²) in [6, 6.07) is 0. The maximum Gasteiger partial charge on any atom is 0.293 e. The van der Waals surface area contributed by atoms with Crippen molar-refractivity contribution in [2.24, 2.45) is 13.0 Å². The zero-order chi connectivity index (χ0) is 11.5. The zero-order valence-electron chi connectivity index (χ0n) is 9.46. The first-order chi connectivity index (χ1) is 7.72. The van der Waals surface area contributed by atoms with Crippen molar-refractivity contribution in [3.63, 3.8) is 0 Å². The first-order valence-electron chi connectivity index (χ1n) is 5.60. The minimum Gasteiger partial charge on any atom is -0.396 e. The molecule has 1 aromatic heterocycles. The van der Waals surface area contributed by atoms with Gasteiger partial charge in [0.25, 0.3) is 5.56 Å². The van der Waals surface area contributed by atoms with E-state index in [9.17, 15) is 4.79 Å². The number of aromatic nitrogens is 2. The molecule has 0 aromatic carbocycles. The second-order valence-electron chi connectivity index (χ2n) is 4.30. The van der Waals surface area contributed by atoms with Gasteiger partial charge in [-0.3, -0.25) is 4.79 Å². The van der Waals surface area contributed by atoms with Gasteiger partial charge in [0.15, 0.2) is 5.82 Å². The molecule has 1 atom stereocenters. The molecule has 1 fully saturated rings. The minimum atomic E-state index is -0.0684. The Hall–Kier alpha value is -1.36. The van der Waals surface area contributed by atoms with Gasteiger partial charge in [-0.05, 0) is 18.8 Å². The van der Waals surface area contributed by atoms with Crippen molar-refractivity contribution in [1.82, 2.24) is 9.55 Å². The van der Waals surface area contributed by atoms with Crippen LogP contribution >= 0.6 is 0 Å². The maximum absolute atomic E-state index is 11.9. The van der Waals surface area contributed by atoms with Gasteiger partial charge in [0, 0.05) is 39.1 Å². The van der Waals surface area contributed by atoms with Crippen LogP contribution in [-0.2, 0) is 7.05 Å². The predicted octanol–water partition coefficient (Wildman–Crippen LogP) is -0.0110. The lowest BCUT2D eigenvalue weighted by atomic mass is 9.99. The van der Waals surface area contributed by atoms with Gasteiger partial charge in [-0.1, -0.05) is 0 Å². The summed E-state index contributed by atoms with van der Waals surface area (Å²) in [4.78, 5) is 18.0. The number of aliphatic hydroxyl groups excluding tert-OH is 1. The topological polar surface area (TPSA) is 58.4 Å². The van der Waals surface area contributed by atoms with Crippen molar-refractivity contribution in [3.05, 3.63) is 22.7 Å². The number of aliphatic hydroxyl groups is 1. The average molecular weight is 223 g/mol. The molecule has 2 rings (SSSR count). The van der Waals surface area contributed by atoms with E-state index in [1.54, 1.807) is 19.4 Å². The van der Waals surface area contributed by atoms with Crippen molar-refractivity contribution in [2.45, 2.75) is 12.8 Å². The smallest absolute Gasteiger partial charge is 0.293 e. The third-order valence-electron chi connectivity index (χ3n) is 3.08. The summed E-state index contributed by atoms with van der Waals surface area (Å²) in [5.74, 6) is 0.767. The fraction of sp³-hybridized carbons (Fsp3) is 0.636. The number of aryl methyl sites for hydroxylation is 1. The van der Waals surface area contributed by atoms with E-state index >= 15 is 0 Å². The molecule has 0 radical (unpaired) electrons. The van der Waals surface area contributed by atoms with Crippen molar-refractivity contribution >= 4 is 5.82 Å². The molecule has 0 saturated carbocycles. The van der Waals surface area contributed by atoms with Crippen LogP contribution in [0.15, 0.2) is 17.2 Å². The molecule has 16 heavy (non-hydrogen) atoms. The average Bonchev–Trinajstić information content (AvgIpc) is 2.33. The number of hydrogen-bond donors (Lipinski definition) is 1. The molecule has 1 saturated heterocycles. The lowest BCUT2D eigenvalue weighted by Gasteiger charge is -2.32. The Balaban J connectivity index is 2.23. The normalized spacial score (nSPS) is 21.1. The molecule has 1 aromatic rings. The van der Waals surface area contributed by atoms with E-state index in [2.05, 4.69) is 4.98 Å². The summed E-state index contributed by atoms with van der Waals surface area (Å²) in [5, 5.41) is 9.15. The van der Waals surface area contributed by atoms with Gasteiger partial charge in [0.05, 0.1) is 0 Å². The van der Waals surface area contributed by atoms with Crippen molar-refractivity contribution in [2.75, 3.05) is 24.6 Å². The number of anilines is 1. The van der Waals surface area contributed by atoms with Crippen LogP contribution < -0.4 is 10.5 Å². The highest BCUT2D eigenvalue weighted by atomic mass is 16.3. The van der Waals surface area contributed by atoms with E-state index in [1.807, 2.05) is 4.90 Å². The first-order valence-corrected chi connectivity index (χ1v) is 5.60. The Morgan fingerprint density at radius 2 is 2.44 bits per heavy atom. The summed E-state index contributed by atoms with van der Waals surface area (Å²) in [6.07, 6.45) is 5.32. The summed E-state index contributed by atoms with van der Waals surface area (Å²) >= 11 is 0. The maximum atomic E-state index is 11.9. The van der Waals surface area contributed by atoms with Crippen molar-refractivity contribution in [1.29, 1.82) is 0 Å². The number of nitrogens with zero attached hydrogens (tertiary/aromatic N) is 3. The van der Waals surface area contributed by atoms with Gasteiger partial charge in [0.2, 0.25) is 0 Å². The van der Waals surface area contributed by atoms with E-state index < -0.39 is 0 Å². The summed E-state index contributed by atoms with van der Waals surface area (Å²) in [5.41, 5.74) is -0.0684. The number of rotatable bonds is 2. The van der Waals surface area contributed by atoms with Gasteiger partial charge in [0.1, 0.15) is 0 Å². The molecule has 0 aliphatic carbocycles. The molecule has 1 aliphatic rings. The van der Waals surface area contributed by atoms with E-state index in [4.69, 9.17) is 5.11 Å². The molecular weight excluding hydrogens is 206 g/mol. The Morgan fingerprint density at radius 1 is 1.62 bits per heavy atom. The van der Waals surface area contributed by atoms with Gasteiger partial charge in [-0.2, -0.15) is 0 Å². The second kappa shape index (κ2) is 4.65. The van der Waals surface area contributed by atoms with Crippen LogP contribution in [0, 0.1) is 5.92 Å². The summed E-state index contributed by atoms with van der Waals surface area (Å²) in [6.45, 7) is 1.76. The molecule has 0 amide bonds. The molecule has 5 nitrogen and oxygen atoms in total. The SMILES string of the molecule is Cn1ccnc(N2CCC[C@H](CO)C2)c1=O. The molecule has 0 spiro atoms. The van der Waals surface area contributed by atoms with Crippen LogP contribution in [0.4, 0.5) is 5.82 Å². The van der Waals surface area contributed by atoms with Crippen LogP contribution in [0.5, 0.6) is 0 Å². The van der Waals surface area contributed by atoms with Gasteiger partial charge in [-0.15, -0.1) is 0 Å². The fourth-order valence-corrected chi connectivity index (χ4v) is 2.11. The van der Waals surface area contributed by atoms with Crippen LogP contribution in [-0.4, -0.2) is 34.4 Å². The number of hydrogen-bond acceptors (Lipinski definition) is 4. The van der Waals surface area contributed by atoms with Crippen LogP contribution in [0.1, 0.15) is 12.8 Å². The monoisotopic (exact) mass is 223 g/mol. The zero-order valence-corrected chi connectivity index (χ0v) is 9.46. The van der Waals surface area contributed by atoms with E-state index in [0.29, 0.717) is 5.82 Å². The predicted molar refractivity (Wildman–Crippen MR) is 61.5 cm³/mol. The molecule has 2 heterocycles. The van der Waals surface area contributed by atoms with Gasteiger partial charge >= 0.3 is 0 Å². The fourth-order valence-electron chi connectivity index (χ4n) is 2.11. The van der Waals surface area contributed by atoms with E-state index in [0.717, 1.165) is 25.9 Å². The standard InChI is InChI=1S/C11H17N3O2/c1-13-6-4-12-10(11(13)16)14-5-2-3-9(7-14)8-15/h4,6,9,15H,2-3,5,7-8H2,1H3/t9-/m0/s1. The lowest BCUT2D eigenvalue weighted by molar-refractivity contribution is 0.208. The molecule has 0 unspecified atom stereocenters. The van der Waals surface area contributed by atoms with Crippen molar-refractivity contribution in [3.8, 4) is 0 Å². The summed E-state index contributed by atoms with van der Waals surface area (Å²) < 4.78 is 1.53. The second-order valence-corrected chi connectivity index (χ2v) is 4.30. The minimum absolute atomic E-state index is 0.0684. The molecule has 5 heteroatoms. The van der Waals surface area contributed by atoms with Gasteiger partial charge in [-0.25, -0.2) is 4.98 Å². The van der Waals surface area contributed by atoms with Gasteiger partial charge < -0.3 is 14.6 Å². The molecular formula is C11H17N3O2. The van der Waals surface area contributed by atoms with Crippen LogP contribution in [0.2, 0.25) is 0 Å². The largest absolute Gasteiger partial charge is 0.396 e. The quantitative estimate of drug-likeness (QED) is 0.766. The third-order valence-corrected chi connectivity index (χ3v) is 3.08. The highest BCUT2D eigenvalue weighted by molar-refractivity contribution is 5.36. The molecule has 0 bridgehead atoms. The van der Waals surface area contributed by atoms with Crippen LogP contribution in [0.25, 0.3) is 0 Å². The molecule has 1 aliphatic heterocycles. The molecule has 88 valence electrons. The highest BCUT2D eigenvalue weighted by Gasteiger charge is 2.22. The Kier molecular flexibility index (Phi) is 3.24. The number of piperidine rings is 1.